The van der Waals surface area contributed by atoms with Gasteiger partial charge in [-0.05, 0) is 42.5 Å². The van der Waals surface area contributed by atoms with Crippen LogP contribution in [0.25, 0.3) is 5.69 Å². The van der Waals surface area contributed by atoms with Gasteiger partial charge in [-0.15, -0.1) is 0 Å². The molecule has 1 atom stereocenters. The van der Waals surface area contributed by atoms with Crippen molar-refractivity contribution < 1.29 is 4.79 Å². The third-order valence-electron chi connectivity index (χ3n) is 5.60. The normalized spacial score (nSPS) is 15.6. The zero-order chi connectivity index (χ0) is 20.1. The summed E-state index contributed by atoms with van der Waals surface area (Å²) >= 11 is 0. The fourth-order valence-electron chi connectivity index (χ4n) is 4.10. The quantitative estimate of drug-likeness (QED) is 0.710. The molecular weight excluding hydrogens is 362 g/mol. The second-order valence-electron chi connectivity index (χ2n) is 7.56. The average Bonchev–Trinajstić information content (AvgIpc) is 2.79. The zero-order valence-corrected chi connectivity index (χ0v) is 16.3. The molecule has 1 aliphatic rings. The van der Waals surface area contributed by atoms with Crippen molar-refractivity contribution in [3.63, 3.8) is 0 Å². The first kappa shape index (κ1) is 19.1. The highest BCUT2D eigenvalue weighted by Crippen LogP contribution is 2.34. The number of rotatable bonds is 5. The molecular formula is C24H25N3O2. The van der Waals surface area contributed by atoms with Crippen LogP contribution in [-0.4, -0.2) is 15.7 Å². The van der Waals surface area contributed by atoms with Gasteiger partial charge in [-0.25, -0.2) is 0 Å². The smallest absolute Gasteiger partial charge is 0.272 e. The van der Waals surface area contributed by atoms with Gasteiger partial charge in [0, 0.05) is 6.07 Å². The molecule has 148 valence electrons. The summed E-state index contributed by atoms with van der Waals surface area (Å²) in [5.74, 6) is 0.157. The lowest BCUT2D eigenvalue weighted by atomic mass is 9.81. The molecule has 29 heavy (non-hydrogen) atoms. The monoisotopic (exact) mass is 387 g/mol. The van der Waals surface area contributed by atoms with Crippen LogP contribution in [0.4, 0.5) is 0 Å². The van der Waals surface area contributed by atoms with Crippen molar-refractivity contribution in [2.24, 2.45) is 5.92 Å². The summed E-state index contributed by atoms with van der Waals surface area (Å²) in [6.45, 7) is 0. The number of carbonyl (C=O) groups is 1. The summed E-state index contributed by atoms with van der Waals surface area (Å²) in [5.41, 5.74) is 1.73. The van der Waals surface area contributed by atoms with Crippen molar-refractivity contribution >= 4 is 5.91 Å². The van der Waals surface area contributed by atoms with Crippen LogP contribution in [0.3, 0.4) is 0 Å². The Morgan fingerprint density at radius 1 is 0.897 bits per heavy atom. The Kier molecular flexibility index (Phi) is 5.84. The maximum atomic E-state index is 13.1. The minimum absolute atomic E-state index is 0.0529. The first-order valence-corrected chi connectivity index (χ1v) is 10.2. The second-order valence-corrected chi connectivity index (χ2v) is 7.56. The molecule has 0 saturated heterocycles. The van der Waals surface area contributed by atoms with Crippen molar-refractivity contribution in [2.75, 3.05) is 0 Å². The lowest BCUT2D eigenvalue weighted by Crippen LogP contribution is -2.36. The van der Waals surface area contributed by atoms with Gasteiger partial charge in [0.1, 0.15) is 5.69 Å². The number of carbonyl (C=O) groups excluding carboxylic acids is 1. The number of hydrogen-bond donors (Lipinski definition) is 1. The van der Waals surface area contributed by atoms with E-state index in [1.165, 1.54) is 36.1 Å². The summed E-state index contributed by atoms with van der Waals surface area (Å²) in [7, 11) is 0. The summed E-state index contributed by atoms with van der Waals surface area (Å²) in [6, 6.07) is 22.1. The number of aromatic nitrogens is 2. The highest BCUT2D eigenvalue weighted by molar-refractivity contribution is 5.92. The van der Waals surface area contributed by atoms with E-state index in [0.717, 1.165) is 18.4 Å². The maximum Gasteiger partial charge on any atom is 0.272 e. The molecule has 1 heterocycles. The van der Waals surface area contributed by atoms with E-state index in [-0.39, 0.29) is 23.2 Å². The first-order valence-electron chi connectivity index (χ1n) is 10.2. The number of hydrogen-bond acceptors (Lipinski definition) is 3. The largest absolute Gasteiger partial charge is 0.344 e. The molecule has 0 aliphatic heterocycles. The standard InChI is InChI=1S/C24H25N3O2/c28-22-17-16-21(26-27(22)20-14-8-3-9-15-20)24(29)25-23(18-10-4-1-5-11-18)19-12-6-2-7-13-19/h1,3-5,8-11,14-17,19,23H,2,6-7,12-13H2,(H,25,29). The SMILES string of the molecule is O=C(NC(c1ccccc1)C1CCCCC1)c1ccc(=O)n(-c2ccccc2)n1. The average molecular weight is 387 g/mol. The highest BCUT2D eigenvalue weighted by Gasteiger charge is 2.27. The topological polar surface area (TPSA) is 64.0 Å². The molecule has 1 fully saturated rings. The van der Waals surface area contributed by atoms with Crippen LogP contribution in [-0.2, 0) is 0 Å². The number of nitrogens with one attached hydrogen (secondary N) is 1. The van der Waals surface area contributed by atoms with Gasteiger partial charge in [0.25, 0.3) is 11.5 Å². The first-order chi connectivity index (χ1) is 14.2. The zero-order valence-electron chi connectivity index (χ0n) is 16.3. The summed E-state index contributed by atoms with van der Waals surface area (Å²) in [6.07, 6.45) is 5.87. The van der Waals surface area contributed by atoms with E-state index >= 15 is 0 Å². The molecule has 1 aromatic heterocycles. The molecule has 1 unspecified atom stereocenters. The molecule has 0 spiro atoms. The van der Waals surface area contributed by atoms with Gasteiger partial charge in [0.15, 0.2) is 0 Å². The third-order valence-corrected chi connectivity index (χ3v) is 5.60. The van der Waals surface area contributed by atoms with Gasteiger partial charge in [-0.2, -0.15) is 9.78 Å². The summed E-state index contributed by atoms with van der Waals surface area (Å²) in [4.78, 5) is 25.3. The van der Waals surface area contributed by atoms with Crippen LogP contribution in [0.5, 0.6) is 0 Å². The molecule has 0 radical (unpaired) electrons. The Hall–Kier alpha value is -3.21. The molecule has 1 amide bonds. The van der Waals surface area contributed by atoms with Gasteiger partial charge in [-0.1, -0.05) is 67.8 Å². The van der Waals surface area contributed by atoms with Gasteiger partial charge < -0.3 is 5.32 Å². The van der Waals surface area contributed by atoms with Gasteiger partial charge in [0.2, 0.25) is 0 Å². The number of benzene rings is 2. The van der Waals surface area contributed by atoms with Crippen LogP contribution in [0.2, 0.25) is 0 Å². The molecule has 1 N–H and O–H groups in total. The van der Waals surface area contributed by atoms with Crippen LogP contribution in [0.15, 0.2) is 77.6 Å². The fraction of sp³-hybridized carbons (Fsp3) is 0.292. The summed E-state index contributed by atoms with van der Waals surface area (Å²) in [5, 5.41) is 7.53. The lowest BCUT2D eigenvalue weighted by Gasteiger charge is -2.31. The van der Waals surface area contributed by atoms with E-state index in [1.54, 1.807) is 12.1 Å². The Balaban J connectivity index is 1.62. The van der Waals surface area contributed by atoms with Crippen molar-refractivity contribution in [1.82, 2.24) is 15.1 Å². The van der Waals surface area contributed by atoms with E-state index in [4.69, 9.17) is 0 Å². The van der Waals surface area contributed by atoms with Crippen molar-refractivity contribution in [2.45, 2.75) is 38.1 Å². The predicted molar refractivity (Wildman–Crippen MR) is 113 cm³/mol. The molecule has 3 aromatic rings. The van der Waals surface area contributed by atoms with E-state index < -0.39 is 0 Å². The Labute approximate surface area is 170 Å². The Morgan fingerprint density at radius 2 is 1.55 bits per heavy atom. The van der Waals surface area contributed by atoms with Crippen molar-refractivity contribution in [3.8, 4) is 5.69 Å². The van der Waals surface area contributed by atoms with E-state index in [1.807, 2.05) is 36.4 Å². The van der Waals surface area contributed by atoms with Crippen LogP contribution < -0.4 is 10.9 Å². The number of para-hydroxylation sites is 1. The van der Waals surface area contributed by atoms with E-state index in [9.17, 15) is 9.59 Å². The predicted octanol–water partition coefficient (Wildman–Crippen LogP) is 4.28. The van der Waals surface area contributed by atoms with Crippen LogP contribution in [0, 0.1) is 5.92 Å². The van der Waals surface area contributed by atoms with Crippen LogP contribution >= 0.6 is 0 Å². The minimum Gasteiger partial charge on any atom is -0.344 e. The van der Waals surface area contributed by atoms with E-state index in [0.29, 0.717) is 11.6 Å². The molecule has 1 aliphatic carbocycles. The van der Waals surface area contributed by atoms with Crippen LogP contribution in [0.1, 0.15) is 54.2 Å². The molecule has 2 aromatic carbocycles. The molecule has 4 rings (SSSR count). The number of nitrogens with zero attached hydrogens (tertiary/aromatic N) is 2. The summed E-state index contributed by atoms with van der Waals surface area (Å²) < 4.78 is 1.27. The molecule has 5 nitrogen and oxygen atoms in total. The Morgan fingerprint density at radius 3 is 2.24 bits per heavy atom. The molecule has 0 bridgehead atoms. The van der Waals surface area contributed by atoms with Crippen molar-refractivity contribution in [1.29, 1.82) is 0 Å². The second kappa shape index (κ2) is 8.86. The third kappa shape index (κ3) is 4.45. The van der Waals surface area contributed by atoms with Gasteiger partial charge >= 0.3 is 0 Å². The number of amides is 1. The van der Waals surface area contributed by atoms with Crippen molar-refractivity contribution in [3.05, 3.63) is 94.4 Å². The maximum absolute atomic E-state index is 13.1. The molecule has 5 heteroatoms. The fourth-order valence-corrected chi connectivity index (χ4v) is 4.10. The Bertz CT molecular complexity index is 1010. The molecule has 1 saturated carbocycles. The highest BCUT2D eigenvalue weighted by atomic mass is 16.2. The van der Waals surface area contributed by atoms with Gasteiger partial charge in [0.05, 0.1) is 11.7 Å². The van der Waals surface area contributed by atoms with E-state index in [2.05, 4.69) is 22.5 Å². The lowest BCUT2D eigenvalue weighted by molar-refractivity contribution is 0.0905. The van der Waals surface area contributed by atoms with Gasteiger partial charge in [-0.3, -0.25) is 9.59 Å². The minimum atomic E-state index is -0.264.